The van der Waals surface area contributed by atoms with E-state index >= 15 is 0 Å². The molecule has 0 radical (unpaired) electrons. The van der Waals surface area contributed by atoms with Crippen LogP contribution < -0.4 is 9.47 Å². The van der Waals surface area contributed by atoms with Crippen LogP contribution >= 0.6 is 11.6 Å². The maximum atomic E-state index is 5.96. The smallest absolute Gasteiger partial charge is 0.212 e. The van der Waals surface area contributed by atoms with E-state index in [4.69, 9.17) is 30.5 Å². The molecule has 1 aliphatic heterocycles. The summed E-state index contributed by atoms with van der Waals surface area (Å²) in [5.41, 5.74) is 0.785. The van der Waals surface area contributed by atoms with E-state index in [9.17, 15) is 0 Å². The highest BCUT2D eigenvalue weighted by atomic mass is 35.5. The second-order valence-electron chi connectivity index (χ2n) is 3.65. The van der Waals surface area contributed by atoms with Crippen LogP contribution in [0, 0.1) is 0 Å². The van der Waals surface area contributed by atoms with Gasteiger partial charge in [0, 0.05) is 6.07 Å². The number of methoxy groups -OCH3 is 2. The summed E-state index contributed by atoms with van der Waals surface area (Å²) in [5.74, 6) is 0.676. The van der Waals surface area contributed by atoms with Crippen molar-refractivity contribution in [2.24, 2.45) is 0 Å². The lowest BCUT2D eigenvalue weighted by Crippen LogP contribution is -2.29. The van der Waals surface area contributed by atoms with Crippen molar-refractivity contribution in [3.05, 3.63) is 23.8 Å². The number of alkyl halides is 1. The van der Waals surface area contributed by atoms with Gasteiger partial charge < -0.3 is 18.9 Å². The van der Waals surface area contributed by atoms with Gasteiger partial charge in [0.05, 0.1) is 38.9 Å². The molecule has 0 bridgehead atoms. The minimum atomic E-state index is -0.904. The Kier molecular flexibility index (Phi) is 3.76. The fourth-order valence-corrected chi connectivity index (χ4v) is 2.17. The normalized spacial score (nSPS) is 18.1. The Labute approximate surface area is 105 Å². The first-order chi connectivity index (χ1) is 8.25. The van der Waals surface area contributed by atoms with Gasteiger partial charge in [-0.15, -0.1) is 11.6 Å². The Balaban J connectivity index is 2.42. The molecule has 0 aliphatic carbocycles. The maximum absolute atomic E-state index is 5.96. The lowest BCUT2D eigenvalue weighted by molar-refractivity contribution is -0.147. The third-order valence-electron chi connectivity index (χ3n) is 2.75. The van der Waals surface area contributed by atoms with Crippen molar-refractivity contribution < 1.29 is 18.9 Å². The molecule has 0 saturated carbocycles. The summed E-state index contributed by atoms with van der Waals surface area (Å²) in [7, 11) is 3.20. The van der Waals surface area contributed by atoms with Crippen LogP contribution in [0.3, 0.4) is 0 Å². The predicted octanol–water partition coefficient (Wildman–Crippen LogP) is 2.14. The Morgan fingerprint density at radius 1 is 1.24 bits per heavy atom. The molecular formula is C12H15ClO4. The van der Waals surface area contributed by atoms with Gasteiger partial charge >= 0.3 is 0 Å². The summed E-state index contributed by atoms with van der Waals surface area (Å²) in [6.07, 6.45) is 0. The highest BCUT2D eigenvalue weighted by molar-refractivity contribution is 6.18. The quantitative estimate of drug-likeness (QED) is 0.776. The summed E-state index contributed by atoms with van der Waals surface area (Å²) in [6, 6.07) is 5.47. The number of ether oxygens (including phenoxy) is 4. The Hall–Kier alpha value is -0.970. The summed E-state index contributed by atoms with van der Waals surface area (Å²) in [4.78, 5) is 0. The van der Waals surface area contributed by atoms with Crippen LogP contribution in [0.1, 0.15) is 5.56 Å². The topological polar surface area (TPSA) is 36.9 Å². The van der Waals surface area contributed by atoms with E-state index in [1.807, 2.05) is 12.1 Å². The van der Waals surface area contributed by atoms with Crippen molar-refractivity contribution in [1.82, 2.24) is 0 Å². The fourth-order valence-electron chi connectivity index (χ4n) is 1.87. The van der Waals surface area contributed by atoms with Gasteiger partial charge in [-0.3, -0.25) is 0 Å². The second-order valence-corrected chi connectivity index (χ2v) is 3.92. The van der Waals surface area contributed by atoms with Crippen molar-refractivity contribution in [1.29, 1.82) is 0 Å². The number of benzene rings is 1. The third-order valence-corrected chi connectivity index (χ3v) is 3.10. The van der Waals surface area contributed by atoms with Crippen molar-refractivity contribution in [2.45, 2.75) is 5.79 Å². The SMILES string of the molecule is COc1ccc(C2(CCl)OCCO2)c(OC)c1. The average molecular weight is 259 g/mol. The molecule has 4 nitrogen and oxygen atoms in total. The molecule has 0 aromatic heterocycles. The van der Waals surface area contributed by atoms with Crippen LogP contribution in [-0.4, -0.2) is 33.3 Å². The van der Waals surface area contributed by atoms with Crippen LogP contribution in [0.2, 0.25) is 0 Å². The van der Waals surface area contributed by atoms with E-state index < -0.39 is 5.79 Å². The Morgan fingerprint density at radius 2 is 1.94 bits per heavy atom. The molecule has 1 saturated heterocycles. The molecule has 2 rings (SSSR count). The average Bonchev–Trinajstić information content (AvgIpc) is 2.87. The van der Waals surface area contributed by atoms with E-state index in [0.717, 1.165) is 5.56 Å². The minimum Gasteiger partial charge on any atom is -0.497 e. The molecule has 0 N–H and O–H groups in total. The van der Waals surface area contributed by atoms with E-state index in [1.165, 1.54) is 0 Å². The predicted molar refractivity (Wildman–Crippen MR) is 63.8 cm³/mol. The monoisotopic (exact) mass is 258 g/mol. The third kappa shape index (κ3) is 2.20. The number of hydrogen-bond acceptors (Lipinski definition) is 4. The summed E-state index contributed by atoms with van der Waals surface area (Å²) in [5, 5.41) is 0. The van der Waals surface area contributed by atoms with Crippen molar-refractivity contribution in [2.75, 3.05) is 33.3 Å². The van der Waals surface area contributed by atoms with Gasteiger partial charge in [0.15, 0.2) is 0 Å². The zero-order valence-corrected chi connectivity index (χ0v) is 10.6. The molecule has 94 valence electrons. The van der Waals surface area contributed by atoms with Gasteiger partial charge in [0.2, 0.25) is 5.79 Å². The van der Waals surface area contributed by atoms with Gasteiger partial charge in [-0.05, 0) is 12.1 Å². The van der Waals surface area contributed by atoms with Gasteiger partial charge in [-0.2, -0.15) is 0 Å². The van der Waals surface area contributed by atoms with Crippen molar-refractivity contribution in [3.8, 4) is 11.5 Å². The first-order valence-electron chi connectivity index (χ1n) is 5.32. The largest absolute Gasteiger partial charge is 0.497 e. The molecule has 1 aromatic rings. The highest BCUT2D eigenvalue weighted by Crippen LogP contribution is 2.39. The molecule has 5 heteroatoms. The maximum Gasteiger partial charge on any atom is 0.212 e. The fraction of sp³-hybridized carbons (Fsp3) is 0.500. The Bertz CT molecular complexity index is 388. The van der Waals surface area contributed by atoms with E-state index in [2.05, 4.69) is 0 Å². The molecule has 17 heavy (non-hydrogen) atoms. The van der Waals surface area contributed by atoms with Crippen LogP contribution in [0.15, 0.2) is 18.2 Å². The summed E-state index contributed by atoms with van der Waals surface area (Å²) >= 11 is 5.96. The summed E-state index contributed by atoms with van der Waals surface area (Å²) in [6.45, 7) is 1.06. The minimum absolute atomic E-state index is 0.218. The number of halogens is 1. The van der Waals surface area contributed by atoms with E-state index in [-0.39, 0.29) is 5.88 Å². The molecule has 0 unspecified atom stereocenters. The van der Waals surface area contributed by atoms with Crippen molar-refractivity contribution in [3.63, 3.8) is 0 Å². The van der Waals surface area contributed by atoms with Crippen molar-refractivity contribution >= 4 is 11.6 Å². The molecule has 0 amide bonds. The van der Waals surface area contributed by atoms with Gasteiger partial charge in [0.25, 0.3) is 0 Å². The van der Waals surface area contributed by atoms with Crippen LogP contribution in [0.25, 0.3) is 0 Å². The first-order valence-corrected chi connectivity index (χ1v) is 5.85. The van der Waals surface area contributed by atoms with E-state index in [0.29, 0.717) is 24.7 Å². The molecule has 1 heterocycles. The van der Waals surface area contributed by atoms with Crippen LogP contribution in [0.4, 0.5) is 0 Å². The molecule has 0 atom stereocenters. The first kappa shape index (κ1) is 12.5. The van der Waals surface area contributed by atoms with Gasteiger partial charge in [0.1, 0.15) is 11.5 Å². The standard InChI is InChI=1S/C12H15ClO4/c1-14-9-3-4-10(11(7-9)15-2)12(8-13)16-5-6-17-12/h3-4,7H,5-6,8H2,1-2H3. The molecule has 1 aliphatic rings. The molecular weight excluding hydrogens is 244 g/mol. The van der Waals surface area contributed by atoms with Gasteiger partial charge in [-0.1, -0.05) is 0 Å². The second kappa shape index (κ2) is 5.12. The van der Waals surface area contributed by atoms with E-state index in [1.54, 1.807) is 20.3 Å². The highest BCUT2D eigenvalue weighted by Gasteiger charge is 2.40. The zero-order chi connectivity index (χ0) is 12.3. The zero-order valence-electron chi connectivity index (χ0n) is 9.86. The number of rotatable bonds is 4. The van der Waals surface area contributed by atoms with Crippen LogP contribution in [-0.2, 0) is 15.3 Å². The lowest BCUT2D eigenvalue weighted by atomic mass is 10.1. The molecule has 1 aromatic carbocycles. The molecule has 0 spiro atoms. The van der Waals surface area contributed by atoms with Crippen LogP contribution in [0.5, 0.6) is 11.5 Å². The molecule has 1 fully saturated rings. The lowest BCUT2D eigenvalue weighted by Gasteiger charge is -2.27. The summed E-state index contributed by atoms with van der Waals surface area (Å²) < 4.78 is 21.7. The van der Waals surface area contributed by atoms with Gasteiger partial charge in [-0.25, -0.2) is 0 Å². The number of hydrogen-bond donors (Lipinski definition) is 0. The Morgan fingerprint density at radius 3 is 2.47 bits per heavy atom.